The first kappa shape index (κ1) is 21.6. The van der Waals surface area contributed by atoms with Crippen LogP contribution in [0.3, 0.4) is 0 Å². The predicted molar refractivity (Wildman–Crippen MR) is 121 cm³/mol. The largest absolute Gasteiger partial charge is 0.320 e. The van der Waals surface area contributed by atoms with Crippen molar-refractivity contribution >= 4 is 33.0 Å². The van der Waals surface area contributed by atoms with Crippen molar-refractivity contribution < 1.29 is 13.2 Å². The minimum atomic E-state index is -3.57. The number of piperidine rings is 1. The molecule has 0 bridgehead atoms. The van der Waals surface area contributed by atoms with Gasteiger partial charge in [-0.1, -0.05) is 41.2 Å². The van der Waals surface area contributed by atoms with E-state index in [4.69, 9.17) is 0 Å². The van der Waals surface area contributed by atoms with E-state index in [0.717, 1.165) is 24.0 Å². The number of nitrogens with zero attached hydrogens (tertiary/aromatic N) is 3. The maximum Gasteiger partial charge on any atom is 0.286 e. The Balaban J connectivity index is 1.47. The van der Waals surface area contributed by atoms with Gasteiger partial charge in [0.05, 0.1) is 4.90 Å². The first-order valence-electron chi connectivity index (χ1n) is 10.1. The van der Waals surface area contributed by atoms with Gasteiger partial charge < -0.3 is 5.32 Å². The molecule has 1 fully saturated rings. The first-order chi connectivity index (χ1) is 14.8. The predicted octanol–water partition coefficient (Wildman–Crippen LogP) is 3.98. The summed E-state index contributed by atoms with van der Waals surface area (Å²) in [5.74, 6) is -0.389. The van der Waals surface area contributed by atoms with Crippen LogP contribution in [-0.4, -0.2) is 41.9 Å². The second kappa shape index (κ2) is 8.86. The van der Waals surface area contributed by atoms with E-state index in [1.165, 1.54) is 15.6 Å². The lowest BCUT2D eigenvalue weighted by molar-refractivity contribution is 0.102. The smallest absolute Gasteiger partial charge is 0.286 e. The van der Waals surface area contributed by atoms with Crippen LogP contribution in [0.4, 0.5) is 5.69 Å². The number of carbonyl (C=O) groups is 1. The Kier molecular flexibility index (Phi) is 6.17. The van der Waals surface area contributed by atoms with E-state index < -0.39 is 10.0 Å². The summed E-state index contributed by atoms with van der Waals surface area (Å²) >= 11 is 1.23. The lowest BCUT2D eigenvalue weighted by atomic mass is 10.0. The zero-order valence-electron chi connectivity index (χ0n) is 17.4. The van der Waals surface area contributed by atoms with Crippen molar-refractivity contribution in [3.8, 4) is 0 Å². The van der Waals surface area contributed by atoms with Gasteiger partial charge in [0.15, 0.2) is 0 Å². The molecule has 7 nitrogen and oxygen atoms in total. The highest BCUT2D eigenvalue weighted by Crippen LogP contribution is 2.32. The van der Waals surface area contributed by atoms with Gasteiger partial charge in [-0.3, -0.25) is 4.79 Å². The summed E-state index contributed by atoms with van der Waals surface area (Å²) in [6.07, 6.45) is 1.55. The van der Waals surface area contributed by atoms with Gasteiger partial charge in [-0.25, -0.2) is 8.42 Å². The Labute approximate surface area is 186 Å². The van der Waals surface area contributed by atoms with Crippen LogP contribution < -0.4 is 5.32 Å². The number of aromatic nitrogens is 2. The van der Waals surface area contributed by atoms with E-state index in [9.17, 15) is 13.2 Å². The van der Waals surface area contributed by atoms with Crippen LogP contribution in [0.1, 0.15) is 44.7 Å². The molecule has 0 radical (unpaired) electrons. The Morgan fingerprint density at radius 2 is 1.87 bits per heavy atom. The number of carbonyl (C=O) groups excluding carboxylic acids is 1. The van der Waals surface area contributed by atoms with Gasteiger partial charge >= 0.3 is 0 Å². The lowest BCUT2D eigenvalue weighted by Crippen LogP contribution is -2.39. The Hall–Kier alpha value is -2.62. The average molecular weight is 457 g/mol. The van der Waals surface area contributed by atoms with Crippen molar-refractivity contribution in [3.63, 3.8) is 0 Å². The molecule has 4 rings (SSSR count). The van der Waals surface area contributed by atoms with Crippen molar-refractivity contribution in [2.75, 3.05) is 18.4 Å². The highest BCUT2D eigenvalue weighted by atomic mass is 32.2. The molecule has 0 spiro atoms. The molecule has 9 heteroatoms. The van der Waals surface area contributed by atoms with Crippen LogP contribution in [0.5, 0.6) is 0 Å². The normalized spacial score (nSPS) is 17.4. The minimum Gasteiger partial charge on any atom is -0.320 e. The molecule has 1 atom stereocenters. The molecule has 1 N–H and O–H groups in total. The summed E-state index contributed by atoms with van der Waals surface area (Å²) in [7, 11) is -3.57. The van der Waals surface area contributed by atoms with Crippen molar-refractivity contribution in [1.29, 1.82) is 0 Å². The third kappa shape index (κ3) is 4.84. The quantitative estimate of drug-likeness (QED) is 0.627. The number of nitrogens with one attached hydrogen (secondary N) is 1. The number of benzene rings is 2. The number of rotatable bonds is 5. The average Bonchev–Trinajstić information content (AvgIpc) is 3.26. The van der Waals surface area contributed by atoms with Gasteiger partial charge in [0.25, 0.3) is 5.91 Å². The van der Waals surface area contributed by atoms with E-state index >= 15 is 0 Å². The number of anilines is 1. The van der Waals surface area contributed by atoms with Gasteiger partial charge in [-0.05, 0) is 56.5 Å². The molecule has 1 aromatic heterocycles. The second-order valence-electron chi connectivity index (χ2n) is 7.78. The number of hydrogen-bond donors (Lipinski definition) is 1. The van der Waals surface area contributed by atoms with E-state index in [-0.39, 0.29) is 16.8 Å². The van der Waals surface area contributed by atoms with Crippen molar-refractivity contribution in [1.82, 2.24) is 14.5 Å². The summed E-state index contributed by atoms with van der Waals surface area (Å²) in [4.78, 5) is 12.8. The van der Waals surface area contributed by atoms with Gasteiger partial charge in [0.1, 0.15) is 5.01 Å². The van der Waals surface area contributed by atoms with E-state index in [0.29, 0.717) is 28.7 Å². The number of aryl methyl sites for hydroxylation is 2. The molecule has 0 saturated carbocycles. The topological polar surface area (TPSA) is 92.3 Å². The van der Waals surface area contributed by atoms with Crippen molar-refractivity contribution in [2.45, 2.75) is 37.5 Å². The number of amides is 1. The maximum atomic E-state index is 13.1. The lowest BCUT2D eigenvalue weighted by Gasteiger charge is -2.30. The fourth-order valence-electron chi connectivity index (χ4n) is 3.60. The summed E-state index contributed by atoms with van der Waals surface area (Å²) in [6, 6.07) is 14.5. The van der Waals surface area contributed by atoms with Gasteiger partial charge in [0.2, 0.25) is 15.0 Å². The van der Waals surface area contributed by atoms with Crippen LogP contribution in [0.2, 0.25) is 0 Å². The fraction of sp³-hybridized carbons (Fsp3) is 0.318. The maximum absolute atomic E-state index is 13.1. The minimum absolute atomic E-state index is 0.0771. The molecule has 2 aromatic carbocycles. The van der Waals surface area contributed by atoms with Crippen LogP contribution in [0.15, 0.2) is 53.4 Å². The van der Waals surface area contributed by atoms with Crippen molar-refractivity contribution in [3.05, 3.63) is 69.7 Å². The van der Waals surface area contributed by atoms with Crippen LogP contribution in [0, 0.1) is 13.8 Å². The summed E-state index contributed by atoms with van der Waals surface area (Å²) in [5.41, 5.74) is 2.71. The molecule has 1 aliphatic heterocycles. The monoisotopic (exact) mass is 456 g/mol. The van der Waals surface area contributed by atoms with Gasteiger partial charge in [-0.15, -0.1) is 10.2 Å². The molecule has 1 aliphatic rings. The Bertz CT molecular complexity index is 1190. The highest BCUT2D eigenvalue weighted by molar-refractivity contribution is 7.89. The summed E-state index contributed by atoms with van der Waals surface area (Å²) < 4.78 is 27.7. The van der Waals surface area contributed by atoms with Gasteiger partial charge in [0, 0.05) is 24.7 Å². The third-order valence-electron chi connectivity index (χ3n) is 5.30. The van der Waals surface area contributed by atoms with Crippen LogP contribution in [0.25, 0.3) is 0 Å². The van der Waals surface area contributed by atoms with E-state index in [1.54, 1.807) is 18.2 Å². The zero-order chi connectivity index (χ0) is 22.0. The molecule has 1 unspecified atom stereocenters. The molecular formula is C22H24N4O3S2. The zero-order valence-corrected chi connectivity index (χ0v) is 19.0. The molecule has 162 valence electrons. The summed E-state index contributed by atoms with van der Waals surface area (Å²) in [6.45, 7) is 4.68. The molecule has 1 saturated heterocycles. The summed E-state index contributed by atoms with van der Waals surface area (Å²) in [5, 5.41) is 12.0. The molecule has 1 amide bonds. The number of hydrogen-bond acceptors (Lipinski definition) is 6. The first-order valence-corrected chi connectivity index (χ1v) is 12.4. The van der Waals surface area contributed by atoms with Crippen molar-refractivity contribution in [2.24, 2.45) is 0 Å². The second-order valence-corrected chi connectivity index (χ2v) is 10.7. The Morgan fingerprint density at radius 3 is 2.61 bits per heavy atom. The molecule has 3 aromatic rings. The molecular weight excluding hydrogens is 432 g/mol. The fourth-order valence-corrected chi connectivity index (χ4v) is 6.09. The van der Waals surface area contributed by atoms with Gasteiger partial charge in [-0.2, -0.15) is 4.31 Å². The SMILES string of the molecule is Cc1ccc(NC(=O)c2nnc(C3CCCN(S(=O)(=O)c4cccc(C)c4)C3)s2)cc1. The number of sulfonamides is 1. The highest BCUT2D eigenvalue weighted by Gasteiger charge is 2.32. The molecule has 0 aliphatic carbocycles. The van der Waals surface area contributed by atoms with Crippen LogP contribution >= 0.6 is 11.3 Å². The molecule has 31 heavy (non-hydrogen) atoms. The van der Waals surface area contributed by atoms with E-state index in [2.05, 4.69) is 15.5 Å². The van der Waals surface area contributed by atoms with Crippen LogP contribution in [-0.2, 0) is 10.0 Å². The van der Waals surface area contributed by atoms with E-state index in [1.807, 2.05) is 44.2 Å². The third-order valence-corrected chi connectivity index (χ3v) is 8.25. The standard InChI is InChI=1S/C22H24N4O3S2/c1-15-8-10-18(11-9-15)23-20(27)22-25-24-21(30-22)17-6-4-12-26(14-17)31(28,29)19-7-3-5-16(2)13-19/h3,5,7-11,13,17H,4,6,12,14H2,1-2H3,(H,23,27). The Morgan fingerprint density at radius 1 is 1.10 bits per heavy atom. The molecule has 2 heterocycles.